The highest BCUT2D eigenvalue weighted by Gasteiger charge is 2.06. The van der Waals surface area contributed by atoms with E-state index in [0.29, 0.717) is 23.2 Å². The first kappa shape index (κ1) is 17.1. The van der Waals surface area contributed by atoms with Gasteiger partial charge in [0, 0.05) is 17.6 Å². The van der Waals surface area contributed by atoms with Gasteiger partial charge in [-0.15, -0.1) is 0 Å². The molecule has 3 aromatic rings. The molecule has 0 radical (unpaired) electrons. The fourth-order valence-corrected chi connectivity index (χ4v) is 2.92. The number of aryl methyl sites for hydroxylation is 1. The SMILES string of the molecule is Nc1nc(CSCCc2ccccn2)nc(Nc2ccc(F)cc2)n1. The van der Waals surface area contributed by atoms with Crippen molar-refractivity contribution < 1.29 is 4.39 Å². The van der Waals surface area contributed by atoms with Crippen molar-refractivity contribution in [2.45, 2.75) is 12.2 Å². The molecule has 0 amide bonds. The summed E-state index contributed by atoms with van der Waals surface area (Å²) in [5.41, 5.74) is 7.49. The topological polar surface area (TPSA) is 89.6 Å². The number of hydrogen-bond donors (Lipinski definition) is 2. The summed E-state index contributed by atoms with van der Waals surface area (Å²) in [4.78, 5) is 16.9. The molecule has 0 aliphatic rings. The molecule has 0 spiro atoms. The molecule has 8 heteroatoms. The van der Waals surface area contributed by atoms with Crippen molar-refractivity contribution >= 4 is 29.3 Å². The normalized spacial score (nSPS) is 10.6. The number of anilines is 3. The number of nitrogen functional groups attached to an aromatic ring is 1. The third-order valence-electron chi connectivity index (χ3n) is 3.26. The lowest BCUT2D eigenvalue weighted by Crippen LogP contribution is -2.06. The van der Waals surface area contributed by atoms with Crippen LogP contribution >= 0.6 is 11.8 Å². The first-order valence-corrected chi connectivity index (χ1v) is 8.85. The fourth-order valence-electron chi connectivity index (χ4n) is 2.11. The number of pyridine rings is 1. The van der Waals surface area contributed by atoms with Crippen molar-refractivity contribution in [1.82, 2.24) is 19.9 Å². The van der Waals surface area contributed by atoms with Gasteiger partial charge in [0.15, 0.2) is 0 Å². The zero-order valence-electron chi connectivity index (χ0n) is 13.4. The number of rotatable bonds is 7. The molecule has 0 bridgehead atoms. The minimum Gasteiger partial charge on any atom is -0.368 e. The van der Waals surface area contributed by atoms with Crippen molar-refractivity contribution in [2.24, 2.45) is 0 Å². The van der Waals surface area contributed by atoms with Gasteiger partial charge in [-0.25, -0.2) is 4.39 Å². The van der Waals surface area contributed by atoms with E-state index in [4.69, 9.17) is 5.73 Å². The smallest absolute Gasteiger partial charge is 0.232 e. The first-order chi connectivity index (χ1) is 12.2. The van der Waals surface area contributed by atoms with Crippen LogP contribution in [0.25, 0.3) is 0 Å². The second-order valence-electron chi connectivity index (χ2n) is 5.19. The third-order valence-corrected chi connectivity index (χ3v) is 4.21. The molecule has 0 saturated carbocycles. The molecule has 0 unspecified atom stereocenters. The number of halogens is 1. The van der Waals surface area contributed by atoms with E-state index >= 15 is 0 Å². The highest BCUT2D eigenvalue weighted by atomic mass is 32.2. The Hall–Kier alpha value is -2.74. The van der Waals surface area contributed by atoms with Gasteiger partial charge in [-0.2, -0.15) is 26.7 Å². The second kappa shape index (κ2) is 8.39. The van der Waals surface area contributed by atoms with Gasteiger partial charge in [-0.1, -0.05) is 6.07 Å². The Morgan fingerprint density at radius 3 is 2.64 bits per heavy atom. The Labute approximate surface area is 149 Å². The number of aromatic nitrogens is 4. The molecule has 2 heterocycles. The molecule has 3 N–H and O–H groups in total. The van der Waals surface area contributed by atoms with Crippen LogP contribution in [-0.2, 0) is 12.2 Å². The zero-order chi connectivity index (χ0) is 17.5. The largest absolute Gasteiger partial charge is 0.368 e. The number of nitrogens with one attached hydrogen (secondary N) is 1. The summed E-state index contributed by atoms with van der Waals surface area (Å²) < 4.78 is 13.0. The van der Waals surface area contributed by atoms with Gasteiger partial charge in [0.25, 0.3) is 0 Å². The standard InChI is InChI=1S/C17H17FN6S/c18-12-4-6-14(7-5-12)21-17-23-15(22-16(19)24-17)11-25-10-8-13-3-1-2-9-20-13/h1-7,9H,8,10-11H2,(H3,19,21,22,23,24). The van der Waals surface area contributed by atoms with Gasteiger partial charge >= 0.3 is 0 Å². The molecule has 0 fully saturated rings. The van der Waals surface area contributed by atoms with Gasteiger partial charge in [0.2, 0.25) is 11.9 Å². The lowest BCUT2D eigenvalue weighted by atomic mass is 10.3. The second-order valence-corrected chi connectivity index (χ2v) is 6.29. The zero-order valence-corrected chi connectivity index (χ0v) is 14.2. The summed E-state index contributed by atoms with van der Waals surface area (Å²) >= 11 is 1.70. The number of hydrogen-bond acceptors (Lipinski definition) is 7. The minimum atomic E-state index is -0.300. The molecular weight excluding hydrogens is 339 g/mol. The Kier molecular flexibility index (Phi) is 5.73. The van der Waals surface area contributed by atoms with Crippen molar-refractivity contribution in [2.75, 3.05) is 16.8 Å². The predicted octanol–water partition coefficient (Wildman–Crippen LogP) is 3.21. The quantitative estimate of drug-likeness (QED) is 0.628. The van der Waals surface area contributed by atoms with Crippen LogP contribution in [0.15, 0.2) is 48.7 Å². The van der Waals surface area contributed by atoms with Crippen molar-refractivity contribution in [3.8, 4) is 0 Å². The highest BCUT2D eigenvalue weighted by Crippen LogP contribution is 2.16. The summed E-state index contributed by atoms with van der Waals surface area (Å²) in [6.07, 6.45) is 2.67. The van der Waals surface area contributed by atoms with Crippen LogP contribution < -0.4 is 11.1 Å². The van der Waals surface area contributed by atoms with Gasteiger partial charge in [-0.3, -0.25) is 4.98 Å². The Balaban J connectivity index is 1.56. The van der Waals surface area contributed by atoms with Crippen LogP contribution in [0.2, 0.25) is 0 Å². The van der Waals surface area contributed by atoms with E-state index in [1.54, 1.807) is 30.1 Å². The van der Waals surface area contributed by atoms with E-state index < -0.39 is 0 Å². The Morgan fingerprint density at radius 2 is 1.88 bits per heavy atom. The van der Waals surface area contributed by atoms with Gasteiger partial charge in [-0.05, 0) is 48.6 Å². The Morgan fingerprint density at radius 1 is 1.04 bits per heavy atom. The molecule has 0 saturated heterocycles. The molecule has 0 atom stereocenters. The van der Waals surface area contributed by atoms with Crippen LogP contribution in [0.3, 0.4) is 0 Å². The van der Waals surface area contributed by atoms with Crippen LogP contribution in [0.4, 0.5) is 22.0 Å². The molecule has 2 aromatic heterocycles. The molecule has 3 rings (SSSR count). The summed E-state index contributed by atoms with van der Waals surface area (Å²) in [5, 5.41) is 3.00. The molecule has 0 aliphatic heterocycles. The molecule has 0 aliphatic carbocycles. The lowest BCUT2D eigenvalue weighted by molar-refractivity contribution is 0.628. The number of nitrogens with zero attached hydrogens (tertiary/aromatic N) is 4. The van der Waals surface area contributed by atoms with E-state index in [9.17, 15) is 4.39 Å². The average Bonchev–Trinajstić information content (AvgIpc) is 2.61. The van der Waals surface area contributed by atoms with E-state index in [-0.39, 0.29) is 11.8 Å². The minimum absolute atomic E-state index is 0.153. The van der Waals surface area contributed by atoms with Crippen molar-refractivity contribution in [3.63, 3.8) is 0 Å². The highest BCUT2D eigenvalue weighted by molar-refractivity contribution is 7.98. The number of thioether (sulfide) groups is 1. The maximum Gasteiger partial charge on any atom is 0.232 e. The number of nitrogens with two attached hydrogens (primary N) is 1. The number of benzene rings is 1. The first-order valence-electron chi connectivity index (χ1n) is 7.70. The van der Waals surface area contributed by atoms with Crippen molar-refractivity contribution in [3.05, 3.63) is 66.0 Å². The van der Waals surface area contributed by atoms with E-state index in [2.05, 4.69) is 25.3 Å². The van der Waals surface area contributed by atoms with Crippen LogP contribution in [0.1, 0.15) is 11.5 Å². The van der Waals surface area contributed by atoms with Crippen LogP contribution in [0, 0.1) is 5.82 Å². The van der Waals surface area contributed by atoms with Gasteiger partial charge in [0.05, 0.1) is 5.75 Å². The van der Waals surface area contributed by atoms with Crippen LogP contribution in [0.5, 0.6) is 0 Å². The predicted molar refractivity (Wildman–Crippen MR) is 98.0 cm³/mol. The lowest BCUT2D eigenvalue weighted by Gasteiger charge is -2.07. The third kappa shape index (κ3) is 5.39. The van der Waals surface area contributed by atoms with E-state index in [1.807, 2.05) is 18.2 Å². The van der Waals surface area contributed by atoms with Gasteiger partial charge in [0.1, 0.15) is 11.6 Å². The van der Waals surface area contributed by atoms with Crippen molar-refractivity contribution in [1.29, 1.82) is 0 Å². The van der Waals surface area contributed by atoms with Gasteiger partial charge < -0.3 is 11.1 Å². The summed E-state index contributed by atoms with van der Waals surface area (Å²) in [7, 11) is 0. The maximum atomic E-state index is 13.0. The van der Waals surface area contributed by atoms with E-state index in [1.165, 1.54) is 12.1 Å². The fraction of sp³-hybridized carbons (Fsp3) is 0.176. The molecule has 128 valence electrons. The summed E-state index contributed by atoms with van der Waals surface area (Å²) in [5.74, 6) is 2.33. The summed E-state index contributed by atoms with van der Waals surface area (Å²) in [6.45, 7) is 0. The Bertz CT molecular complexity index is 813. The average molecular weight is 356 g/mol. The molecule has 25 heavy (non-hydrogen) atoms. The molecule has 1 aromatic carbocycles. The van der Waals surface area contributed by atoms with E-state index in [0.717, 1.165) is 17.9 Å². The van der Waals surface area contributed by atoms with Crippen LogP contribution in [-0.4, -0.2) is 25.7 Å². The maximum absolute atomic E-state index is 13.0. The monoisotopic (exact) mass is 356 g/mol. The summed E-state index contributed by atoms with van der Waals surface area (Å²) in [6, 6.07) is 11.8. The molecule has 6 nitrogen and oxygen atoms in total. The molecular formula is C17H17FN6S.